The zero-order valence-electron chi connectivity index (χ0n) is 17.2. The molecule has 0 spiro atoms. The first-order valence-electron chi connectivity index (χ1n) is 9.92. The van der Waals surface area contributed by atoms with Crippen LogP contribution in [-0.4, -0.2) is 46.2 Å². The van der Waals surface area contributed by atoms with E-state index >= 15 is 0 Å². The number of nitrogens with zero attached hydrogens (tertiary/aromatic N) is 3. The predicted molar refractivity (Wildman–Crippen MR) is 103 cm³/mol. The van der Waals surface area contributed by atoms with Crippen molar-refractivity contribution in [3.63, 3.8) is 0 Å². The van der Waals surface area contributed by atoms with Crippen molar-refractivity contribution in [2.45, 2.75) is 58.5 Å². The summed E-state index contributed by atoms with van der Waals surface area (Å²) in [5.41, 5.74) is 0.749. The molecule has 158 valence electrons. The fourth-order valence-corrected chi connectivity index (χ4v) is 5.37. The smallest absolute Gasteiger partial charge is 0.377 e. The Balaban J connectivity index is 1.68. The molecule has 3 atom stereocenters. The van der Waals surface area contributed by atoms with Gasteiger partial charge in [0.2, 0.25) is 5.82 Å². The van der Waals surface area contributed by atoms with Crippen LogP contribution in [0.1, 0.15) is 56.3 Å². The lowest BCUT2D eigenvalue weighted by atomic mass is 9.56. The quantitative estimate of drug-likeness (QED) is 0.749. The Bertz CT molecular complexity index is 964. The number of aromatic nitrogens is 2. The molecule has 4 rings (SSSR count). The molecule has 2 fully saturated rings. The van der Waals surface area contributed by atoms with E-state index in [0.717, 1.165) is 6.42 Å². The summed E-state index contributed by atoms with van der Waals surface area (Å²) in [6, 6.07) is 4.26. The maximum absolute atomic E-state index is 13.4. The number of hydrogen-bond acceptors (Lipinski definition) is 3. The Morgan fingerprint density at radius 3 is 2.66 bits per heavy atom. The van der Waals surface area contributed by atoms with E-state index in [1.165, 1.54) is 10.6 Å². The van der Waals surface area contributed by atoms with Gasteiger partial charge in [0.15, 0.2) is 0 Å². The molecule has 2 aliphatic rings. The maximum atomic E-state index is 13.4. The Kier molecular flexibility index (Phi) is 4.49. The van der Waals surface area contributed by atoms with Crippen LogP contribution in [-0.2, 0) is 10.9 Å². The van der Waals surface area contributed by atoms with Crippen molar-refractivity contribution in [1.29, 1.82) is 0 Å². The third-order valence-electron chi connectivity index (χ3n) is 6.48. The van der Waals surface area contributed by atoms with E-state index in [1.54, 1.807) is 37.9 Å². The molecule has 2 aromatic rings. The van der Waals surface area contributed by atoms with Crippen molar-refractivity contribution in [2.24, 2.45) is 11.3 Å². The van der Waals surface area contributed by atoms with Gasteiger partial charge in [-0.05, 0) is 38.5 Å². The van der Waals surface area contributed by atoms with Crippen LogP contribution in [0.4, 0.5) is 13.2 Å². The second-order valence-corrected chi connectivity index (χ2v) is 9.03. The number of ether oxygens (including phenoxy) is 1. The summed E-state index contributed by atoms with van der Waals surface area (Å²) in [6.07, 6.45) is -3.48. The lowest BCUT2D eigenvalue weighted by Crippen LogP contribution is -2.66. The van der Waals surface area contributed by atoms with Gasteiger partial charge in [0, 0.05) is 42.6 Å². The summed E-state index contributed by atoms with van der Waals surface area (Å²) in [5, 5.41) is 0. The van der Waals surface area contributed by atoms with Crippen LogP contribution >= 0.6 is 0 Å². The topological polar surface area (TPSA) is 47.4 Å². The first kappa shape index (κ1) is 20.2. The summed E-state index contributed by atoms with van der Waals surface area (Å²) in [4.78, 5) is 18.7. The highest BCUT2D eigenvalue weighted by molar-refractivity contribution is 5.97. The molecule has 2 heterocycles. The number of rotatable bonds is 3. The molecule has 1 saturated heterocycles. The van der Waals surface area contributed by atoms with Gasteiger partial charge in [-0.25, -0.2) is 4.98 Å². The van der Waals surface area contributed by atoms with E-state index in [4.69, 9.17) is 4.74 Å². The molecule has 1 aliphatic heterocycles. The minimum Gasteiger partial charge on any atom is -0.377 e. The van der Waals surface area contributed by atoms with E-state index in [2.05, 4.69) is 18.8 Å². The highest BCUT2D eigenvalue weighted by Crippen LogP contribution is 2.54. The SMILES string of the molecule is CC(C)n1c(C(F)(F)F)nc2cc(C(=O)N(C)[C@@H]3[C@@H]4CCO[C@@H]4C3(C)C)ccc21. The summed E-state index contributed by atoms with van der Waals surface area (Å²) in [5.74, 6) is -0.839. The Morgan fingerprint density at radius 1 is 1.34 bits per heavy atom. The lowest BCUT2D eigenvalue weighted by Gasteiger charge is -2.57. The van der Waals surface area contributed by atoms with Crippen LogP contribution in [0.15, 0.2) is 18.2 Å². The number of imidazole rings is 1. The van der Waals surface area contributed by atoms with E-state index in [0.29, 0.717) is 23.6 Å². The number of fused-ring (bicyclic) bond motifs is 2. The van der Waals surface area contributed by atoms with Gasteiger partial charge in [0.25, 0.3) is 5.91 Å². The van der Waals surface area contributed by atoms with E-state index < -0.39 is 18.0 Å². The minimum atomic E-state index is -4.56. The molecule has 1 aliphatic carbocycles. The molecular formula is C21H26F3N3O2. The Hall–Kier alpha value is -2.09. The van der Waals surface area contributed by atoms with Gasteiger partial charge in [-0.15, -0.1) is 0 Å². The molecule has 1 amide bonds. The highest BCUT2D eigenvalue weighted by atomic mass is 19.4. The summed E-state index contributed by atoms with van der Waals surface area (Å²) >= 11 is 0. The first-order chi connectivity index (χ1) is 13.4. The predicted octanol–water partition coefficient (Wildman–Crippen LogP) is 4.52. The fraction of sp³-hybridized carbons (Fsp3) is 0.619. The molecule has 0 radical (unpaired) electrons. The largest absolute Gasteiger partial charge is 0.449 e. The van der Waals surface area contributed by atoms with E-state index in [1.807, 2.05) is 0 Å². The molecule has 1 saturated carbocycles. The van der Waals surface area contributed by atoms with Crippen molar-refractivity contribution in [2.75, 3.05) is 13.7 Å². The average Bonchev–Trinajstić information content (AvgIpc) is 3.22. The zero-order chi connectivity index (χ0) is 21.3. The summed E-state index contributed by atoms with van der Waals surface area (Å²) in [6.45, 7) is 8.26. The van der Waals surface area contributed by atoms with E-state index in [9.17, 15) is 18.0 Å². The summed E-state index contributed by atoms with van der Waals surface area (Å²) < 4.78 is 47.3. The number of carbonyl (C=O) groups is 1. The molecule has 5 nitrogen and oxygen atoms in total. The van der Waals surface area contributed by atoms with Crippen LogP contribution in [0.3, 0.4) is 0 Å². The fourth-order valence-electron chi connectivity index (χ4n) is 5.37. The van der Waals surface area contributed by atoms with Crippen molar-refractivity contribution < 1.29 is 22.7 Å². The normalized spacial score (nSPS) is 25.9. The van der Waals surface area contributed by atoms with Crippen molar-refractivity contribution in [3.8, 4) is 0 Å². The second kappa shape index (κ2) is 6.45. The van der Waals surface area contributed by atoms with Crippen LogP contribution < -0.4 is 0 Å². The van der Waals surface area contributed by atoms with Gasteiger partial charge < -0.3 is 14.2 Å². The van der Waals surface area contributed by atoms with Crippen LogP contribution in [0, 0.1) is 11.3 Å². The molecule has 0 bridgehead atoms. The number of carbonyl (C=O) groups excluding carboxylic acids is 1. The number of halogens is 3. The lowest BCUT2D eigenvalue weighted by molar-refractivity contribution is -0.147. The number of amides is 1. The Morgan fingerprint density at radius 2 is 2.03 bits per heavy atom. The molecule has 1 aromatic carbocycles. The standard InChI is InChI=1S/C21H26F3N3O2/c1-11(2)27-15-7-6-12(10-14(15)25-19(27)21(22,23)24)18(28)26(5)16-13-8-9-29-17(13)20(16,3)4/h6-7,10-11,13,16-17H,8-9H2,1-5H3/t13-,16+,17-/m0/s1. The first-order valence-corrected chi connectivity index (χ1v) is 9.92. The molecule has 0 unspecified atom stereocenters. The molecule has 29 heavy (non-hydrogen) atoms. The minimum absolute atomic E-state index is 0.0390. The molecule has 1 aromatic heterocycles. The number of hydrogen-bond donors (Lipinski definition) is 0. The third kappa shape index (κ3) is 2.95. The molecule has 0 N–H and O–H groups in total. The van der Waals surface area contributed by atoms with Crippen LogP contribution in [0.25, 0.3) is 11.0 Å². The average molecular weight is 409 g/mol. The van der Waals surface area contributed by atoms with Crippen LogP contribution in [0.2, 0.25) is 0 Å². The Labute approximate surface area is 167 Å². The van der Waals surface area contributed by atoms with Gasteiger partial charge in [-0.1, -0.05) is 13.8 Å². The third-order valence-corrected chi connectivity index (χ3v) is 6.48. The molecular weight excluding hydrogens is 383 g/mol. The van der Waals surface area contributed by atoms with Crippen molar-refractivity contribution in [1.82, 2.24) is 14.5 Å². The second-order valence-electron chi connectivity index (χ2n) is 9.03. The molecule has 8 heteroatoms. The monoisotopic (exact) mass is 409 g/mol. The van der Waals surface area contributed by atoms with Gasteiger partial charge in [-0.2, -0.15) is 13.2 Å². The van der Waals surface area contributed by atoms with Crippen molar-refractivity contribution >= 4 is 16.9 Å². The van der Waals surface area contributed by atoms with Gasteiger partial charge in [-0.3, -0.25) is 4.79 Å². The van der Waals surface area contributed by atoms with Gasteiger partial charge in [0.1, 0.15) is 0 Å². The van der Waals surface area contributed by atoms with Crippen LogP contribution in [0.5, 0.6) is 0 Å². The highest BCUT2D eigenvalue weighted by Gasteiger charge is 2.61. The summed E-state index contributed by atoms with van der Waals surface area (Å²) in [7, 11) is 1.77. The van der Waals surface area contributed by atoms with Crippen molar-refractivity contribution in [3.05, 3.63) is 29.6 Å². The van der Waals surface area contributed by atoms with E-state index in [-0.39, 0.29) is 29.0 Å². The maximum Gasteiger partial charge on any atom is 0.449 e. The number of benzene rings is 1. The van der Waals surface area contributed by atoms with Gasteiger partial charge in [0.05, 0.1) is 17.1 Å². The number of alkyl halides is 3. The zero-order valence-corrected chi connectivity index (χ0v) is 17.2. The van der Waals surface area contributed by atoms with Gasteiger partial charge >= 0.3 is 6.18 Å².